The van der Waals surface area contributed by atoms with Crippen molar-refractivity contribution in [3.8, 4) is 5.75 Å². The molecule has 38 heavy (non-hydrogen) atoms. The highest BCUT2D eigenvalue weighted by Crippen LogP contribution is 2.36. The number of phenolic OH excluding ortho intramolecular Hbond substituents is 1. The number of imide groups is 1. The molecule has 3 N–H and O–H groups in total. The Morgan fingerprint density at radius 2 is 1.79 bits per heavy atom. The molecule has 9 heteroatoms. The Hall–Kier alpha value is -3.72. The number of aromatic amines is 1. The lowest BCUT2D eigenvalue weighted by Gasteiger charge is -2.46. The van der Waals surface area contributed by atoms with Gasteiger partial charge in [-0.3, -0.25) is 24.6 Å². The number of hydrogen-bond acceptors (Lipinski definition) is 6. The molecule has 0 bridgehead atoms. The number of nitrogens with one attached hydrogen (secondary N) is 2. The highest BCUT2D eigenvalue weighted by Gasteiger charge is 2.39. The normalized spacial score (nSPS) is 22.6. The van der Waals surface area contributed by atoms with Crippen molar-refractivity contribution in [2.45, 2.75) is 69.5 Å². The topological polar surface area (TPSA) is 119 Å². The molecule has 1 aromatic carbocycles. The first-order valence-electron chi connectivity index (χ1n) is 13.6. The molecule has 3 amide bonds. The summed E-state index contributed by atoms with van der Waals surface area (Å²) < 4.78 is 0. The molecule has 0 spiro atoms. The van der Waals surface area contributed by atoms with E-state index in [4.69, 9.17) is 0 Å². The van der Waals surface area contributed by atoms with Gasteiger partial charge in [0.1, 0.15) is 17.4 Å². The molecule has 2 aromatic heterocycles. The van der Waals surface area contributed by atoms with Crippen LogP contribution < -0.4 is 5.32 Å². The number of aromatic hydroxyl groups is 1. The highest BCUT2D eigenvalue weighted by molar-refractivity contribution is 6.05. The number of amides is 3. The van der Waals surface area contributed by atoms with Gasteiger partial charge in [-0.15, -0.1) is 0 Å². The number of rotatable bonds is 3. The van der Waals surface area contributed by atoms with Gasteiger partial charge in [-0.05, 0) is 60.7 Å². The van der Waals surface area contributed by atoms with Gasteiger partial charge in [-0.25, -0.2) is 4.98 Å². The van der Waals surface area contributed by atoms with Crippen molar-refractivity contribution in [3.05, 3.63) is 59.4 Å². The molecule has 1 unspecified atom stereocenters. The van der Waals surface area contributed by atoms with Crippen LogP contribution in [0.4, 0.5) is 0 Å². The summed E-state index contributed by atoms with van der Waals surface area (Å²) in [5.74, 6) is -0.158. The molecule has 4 aliphatic rings. The summed E-state index contributed by atoms with van der Waals surface area (Å²) in [4.78, 5) is 46.8. The van der Waals surface area contributed by atoms with Crippen molar-refractivity contribution in [2.24, 2.45) is 0 Å². The van der Waals surface area contributed by atoms with Crippen molar-refractivity contribution in [1.82, 2.24) is 25.1 Å². The van der Waals surface area contributed by atoms with E-state index in [2.05, 4.69) is 32.3 Å². The first-order chi connectivity index (χ1) is 18.5. The fourth-order valence-corrected chi connectivity index (χ4v) is 6.35. The van der Waals surface area contributed by atoms with Crippen molar-refractivity contribution in [3.63, 3.8) is 0 Å². The van der Waals surface area contributed by atoms with Crippen LogP contribution in [-0.4, -0.2) is 67.8 Å². The molecule has 0 radical (unpaired) electrons. The third-order valence-corrected chi connectivity index (χ3v) is 8.44. The zero-order valence-corrected chi connectivity index (χ0v) is 21.4. The fourth-order valence-electron chi connectivity index (χ4n) is 6.35. The standard InChI is InChI=1S/C16H21N3.C13H12N2O4/c1-2-4-13(5-3-1)19-10-12(11-19)14-6-8-17-16-15(14)7-9-18-16;16-8-1-2-9-7(5-8)6-15(13(9)19)10-3-4-11(17)14-12(10)18/h6-9,12-13H,1-5,10-11H2,(H,17,18);1-2,5,10,16H,3-4,6H2,(H,14,17,18). The van der Waals surface area contributed by atoms with E-state index in [-0.39, 0.29) is 30.5 Å². The minimum atomic E-state index is -0.611. The van der Waals surface area contributed by atoms with Crippen molar-refractivity contribution in [1.29, 1.82) is 0 Å². The summed E-state index contributed by atoms with van der Waals surface area (Å²) in [5, 5.41) is 13.0. The van der Waals surface area contributed by atoms with Gasteiger partial charge in [0.15, 0.2) is 0 Å². The van der Waals surface area contributed by atoms with Crippen LogP contribution >= 0.6 is 0 Å². The number of phenols is 1. The Bertz CT molecular complexity index is 1370. The summed E-state index contributed by atoms with van der Waals surface area (Å²) in [6.45, 7) is 2.78. The number of fused-ring (bicyclic) bond motifs is 2. The van der Waals surface area contributed by atoms with E-state index in [0.29, 0.717) is 23.5 Å². The highest BCUT2D eigenvalue weighted by atomic mass is 16.3. The summed E-state index contributed by atoms with van der Waals surface area (Å²) in [5.41, 5.74) is 3.73. The number of benzene rings is 1. The van der Waals surface area contributed by atoms with Crippen molar-refractivity contribution in [2.75, 3.05) is 13.1 Å². The van der Waals surface area contributed by atoms with E-state index in [1.165, 1.54) is 73.2 Å². The second-order valence-corrected chi connectivity index (χ2v) is 10.8. The molecule has 7 rings (SSSR count). The average molecular weight is 516 g/mol. The summed E-state index contributed by atoms with van der Waals surface area (Å²) in [7, 11) is 0. The van der Waals surface area contributed by atoms with E-state index in [9.17, 15) is 19.5 Å². The van der Waals surface area contributed by atoms with E-state index in [1.54, 1.807) is 6.07 Å². The quantitative estimate of drug-likeness (QED) is 0.460. The van der Waals surface area contributed by atoms with Gasteiger partial charge in [-0.2, -0.15) is 0 Å². The zero-order valence-electron chi connectivity index (χ0n) is 21.4. The first kappa shape index (κ1) is 24.6. The van der Waals surface area contributed by atoms with Crippen LogP contribution in [-0.2, 0) is 16.1 Å². The van der Waals surface area contributed by atoms with Crippen molar-refractivity contribution >= 4 is 28.8 Å². The number of pyridine rings is 1. The van der Waals surface area contributed by atoms with E-state index < -0.39 is 11.9 Å². The van der Waals surface area contributed by atoms with Gasteiger partial charge in [0, 0.05) is 61.4 Å². The van der Waals surface area contributed by atoms with E-state index >= 15 is 0 Å². The monoisotopic (exact) mass is 515 g/mol. The summed E-state index contributed by atoms with van der Waals surface area (Å²) in [6, 6.07) is 9.16. The van der Waals surface area contributed by atoms with Gasteiger partial charge in [0.2, 0.25) is 11.8 Å². The maximum absolute atomic E-state index is 12.2. The lowest BCUT2D eigenvalue weighted by atomic mass is 9.85. The van der Waals surface area contributed by atoms with Crippen LogP contribution in [0.25, 0.3) is 11.0 Å². The number of nitrogens with zero attached hydrogens (tertiary/aromatic N) is 3. The second-order valence-electron chi connectivity index (χ2n) is 10.8. The van der Waals surface area contributed by atoms with Gasteiger partial charge in [0.25, 0.3) is 5.91 Å². The van der Waals surface area contributed by atoms with Crippen LogP contribution in [0.2, 0.25) is 0 Å². The SMILES string of the molecule is O=C1CCC(N2Cc3cc(O)ccc3C2=O)C(=O)N1.c1cc(C2CN(C3CCCCC3)C2)c2cc[nH]c2n1. The Morgan fingerprint density at radius 3 is 2.58 bits per heavy atom. The smallest absolute Gasteiger partial charge is 0.255 e. The van der Waals surface area contributed by atoms with Gasteiger partial charge < -0.3 is 15.0 Å². The number of carbonyl (C=O) groups excluding carboxylic acids is 3. The molecule has 1 saturated carbocycles. The molecule has 3 fully saturated rings. The van der Waals surface area contributed by atoms with Crippen LogP contribution in [0.3, 0.4) is 0 Å². The molecular formula is C29H33N5O4. The van der Waals surface area contributed by atoms with Crippen molar-refractivity contribution < 1.29 is 19.5 Å². The Morgan fingerprint density at radius 1 is 0.974 bits per heavy atom. The summed E-state index contributed by atoms with van der Waals surface area (Å²) >= 11 is 0. The van der Waals surface area contributed by atoms with E-state index in [1.807, 2.05) is 12.4 Å². The molecule has 5 heterocycles. The lowest BCUT2D eigenvalue weighted by molar-refractivity contribution is -0.136. The minimum absolute atomic E-state index is 0.0941. The van der Waals surface area contributed by atoms with Crippen LogP contribution in [0.15, 0.2) is 42.7 Å². The molecule has 3 aromatic rings. The lowest BCUT2D eigenvalue weighted by Crippen LogP contribution is -2.52. The number of H-pyrrole nitrogens is 1. The Labute approximate surface area is 221 Å². The minimum Gasteiger partial charge on any atom is -0.508 e. The first-order valence-corrected chi connectivity index (χ1v) is 13.6. The summed E-state index contributed by atoms with van der Waals surface area (Å²) in [6.07, 6.45) is 11.7. The molecule has 198 valence electrons. The number of likely N-dealkylation sites (tertiary alicyclic amines) is 1. The predicted molar refractivity (Wildman–Crippen MR) is 141 cm³/mol. The zero-order chi connectivity index (χ0) is 26.2. The maximum Gasteiger partial charge on any atom is 0.255 e. The predicted octanol–water partition coefficient (Wildman–Crippen LogP) is 3.45. The Kier molecular flexibility index (Phi) is 6.61. The van der Waals surface area contributed by atoms with Gasteiger partial charge in [0.05, 0.1) is 0 Å². The molecule has 9 nitrogen and oxygen atoms in total. The molecular weight excluding hydrogens is 482 g/mol. The third-order valence-electron chi connectivity index (χ3n) is 8.44. The number of hydrogen-bond donors (Lipinski definition) is 3. The van der Waals surface area contributed by atoms with E-state index in [0.717, 1.165) is 11.7 Å². The van der Waals surface area contributed by atoms with Crippen LogP contribution in [0.5, 0.6) is 5.75 Å². The second kappa shape index (κ2) is 10.2. The molecule has 3 aliphatic heterocycles. The average Bonchev–Trinajstić information content (AvgIpc) is 3.49. The number of piperidine rings is 1. The van der Waals surface area contributed by atoms with Crippen LogP contribution in [0.1, 0.15) is 72.3 Å². The molecule has 2 saturated heterocycles. The largest absolute Gasteiger partial charge is 0.508 e. The number of carbonyl (C=O) groups is 3. The van der Waals surface area contributed by atoms with Gasteiger partial charge in [-0.1, -0.05) is 19.3 Å². The fraction of sp³-hybridized carbons (Fsp3) is 0.448. The molecule has 1 aliphatic carbocycles. The number of aromatic nitrogens is 2. The Balaban J connectivity index is 0.000000139. The third kappa shape index (κ3) is 4.67. The van der Waals surface area contributed by atoms with Crippen LogP contribution in [0, 0.1) is 0 Å². The molecule has 1 atom stereocenters. The van der Waals surface area contributed by atoms with Gasteiger partial charge >= 0.3 is 0 Å². The maximum atomic E-state index is 12.2.